The lowest BCUT2D eigenvalue weighted by Gasteiger charge is -2.36. The number of esters is 1. The maximum absolute atomic E-state index is 12.8. The van der Waals surface area contributed by atoms with Crippen molar-refractivity contribution in [2.75, 3.05) is 19.6 Å². The third kappa shape index (κ3) is 4.59. The second-order valence-corrected chi connectivity index (χ2v) is 5.88. The first-order valence-corrected chi connectivity index (χ1v) is 8.25. The van der Waals surface area contributed by atoms with Crippen LogP contribution in [0.15, 0.2) is 30.3 Å². The van der Waals surface area contributed by atoms with Gasteiger partial charge in [0.1, 0.15) is 0 Å². The van der Waals surface area contributed by atoms with E-state index in [1.165, 1.54) is 0 Å². The Hall–Kier alpha value is -1.83. The molecule has 1 aliphatic rings. The van der Waals surface area contributed by atoms with E-state index in [9.17, 15) is 9.90 Å². The van der Waals surface area contributed by atoms with Gasteiger partial charge < -0.3 is 15.2 Å². The summed E-state index contributed by atoms with van der Waals surface area (Å²) in [5.74, 6) is 4.10. The highest BCUT2D eigenvalue weighted by atomic mass is 16.5. The quantitative estimate of drug-likeness (QED) is 0.620. The number of nitrogens with one attached hydrogen (secondary N) is 1. The Morgan fingerprint density at radius 2 is 2.12 bits per heavy atom. The number of carbonyl (C=O) groups is 1. The topological polar surface area (TPSA) is 58.6 Å². The second-order valence-electron chi connectivity index (χ2n) is 5.88. The van der Waals surface area contributed by atoms with E-state index < -0.39 is 24.9 Å². The van der Waals surface area contributed by atoms with E-state index in [1.54, 1.807) is 24.3 Å². The number of hydrogen-bond acceptors (Lipinski definition) is 4. The lowest BCUT2D eigenvalue weighted by Crippen LogP contribution is -2.45. The zero-order chi connectivity index (χ0) is 21.5. The molecule has 1 aliphatic carbocycles. The summed E-state index contributed by atoms with van der Waals surface area (Å²) in [6, 6.07) is 8.76. The van der Waals surface area contributed by atoms with Crippen LogP contribution in [0.1, 0.15) is 51.4 Å². The molecule has 0 amide bonds. The summed E-state index contributed by atoms with van der Waals surface area (Å²) in [4.78, 5) is 12.8. The molecule has 4 heteroatoms. The summed E-state index contributed by atoms with van der Waals surface area (Å²) >= 11 is 0. The minimum atomic E-state index is -2.81. The lowest BCUT2D eigenvalue weighted by molar-refractivity contribution is -0.174. The zero-order valence-electron chi connectivity index (χ0n) is 18.7. The molecule has 130 valence electrons. The Morgan fingerprint density at radius 3 is 2.83 bits per heavy atom. The van der Waals surface area contributed by atoms with Crippen LogP contribution in [-0.4, -0.2) is 30.7 Å². The maximum Gasteiger partial charge on any atom is 0.344 e. The molecule has 1 saturated carbocycles. The van der Waals surface area contributed by atoms with Crippen molar-refractivity contribution >= 4 is 5.97 Å². The second kappa shape index (κ2) is 9.46. The van der Waals surface area contributed by atoms with Gasteiger partial charge in [0.05, 0.1) is 6.54 Å². The number of aliphatic hydroxyl groups is 1. The lowest BCUT2D eigenvalue weighted by atomic mass is 9.73. The van der Waals surface area contributed by atoms with Gasteiger partial charge in [-0.2, -0.15) is 0 Å². The molecule has 0 saturated heterocycles. The van der Waals surface area contributed by atoms with Gasteiger partial charge >= 0.3 is 5.97 Å². The van der Waals surface area contributed by atoms with Gasteiger partial charge in [-0.15, -0.1) is 0 Å². The Morgan fingerprint density at radius 1 is 1.38 bits per heavy atom. The predicted molar refractivity (Wildman–Crippen MR) is 94.2 cm³/mol. The summed E-state index contributed by atoms with van der Waals surface area (Å²) in [7, 11) is 0. The molecule has 1 fully saturated rings. The van der Waals surface area contributed by atoms with Crippen molar-refractivity contribution in [1.82, 2.24) is 5.32 Å². The molecule has 0 bridgehead atoms. The van der Waals surface area contributed by atoms with E-state index in [0.29, 0.717) is 5.56 Å². The Balaban J connectivity index is 1.99. The molecule has 0 heterocycles. The standard InChI is InChI=1S/C20H27NO3/c1-2-21-15-9-10-16-24-19(22)20(23,17-11-5-3-6-12-17)18-13-7-4-8-14-18/h3,5-6,11-12,18,21,23H,2,4,7-8,13-16H2,1H3/i1D3,2D2. The van der Waals surface area contributed by atoms with Crippen LogP contribution >= 0.6 is 0 Å². The van der Waals surface area contributed by atoms with Crippen molar-refractivity contribution in [3.63, 3.8) is 0 Å². The van der Waals surface area contributed by atoms with E-state index >= 15 is 0 Å². The minimum Gasteiger partial charge on any atom is -0.450 e. The predicted octanol–water partition coefficient (Wildman–Crippen LogP) is 2.61. The van der Waals surface area contributed by atoms with Crippen molar-refractivity contribution in [1.29, 1.82) is 0 Å². The molecule has 4 nitrogen and oxygen atoms in total. The average Bonchev–Trinajstić information content (AvgIpc) is 2.70. The van der Waals surface area contributed by atoms with Crippen LogP contribution in [0.25, 0.3) is 0 Å². The fourth-order valence-corrected chi connectivity index (χ4v) is 3.15. The monoisotopic (exact) mass is 334 g/mol. The summed E-state index contributed by atoms with van der Waals surface area (Å²) in [5.41, 5.74) is -1.24. The fraction of sp³-hybridized carbons (Fsp3) is 0.550. The third-order valence-corrected chi connectivity index (χ3v) is 4.39. The minimum absolute atomic E-state index is 0.214. The summed E-state index contributed by atoms with van der Waals surface area (Å²) < 4.78 is 41.4. The molecule has 1 atom stereocenters. The van der Waals surface area contributed by atoms with E-state index in [0.717, 1.165) is 32.1 Å². The Kier molecular flexibility index (Phi) is 4.94. The summed E-state index contributed by atoms with van der Waals surface area (Å²) in [5, 5.41) is 13.5. The van der Waals surface area contributed by atoms with Crippen LogP contribution in [0.4, 0.5) is 0 Å². The van der Waals surface area contributed by atoms with Crippen LogP contribution in [0.5, 0.6) is 0 Å². The van der Waals surface area contributed by atoms with E-state index in [4.69, 9.17) is 11.6 Å². The van der Waals surface area contributed by atoms with Gasteiger partial charge in [0, 0.05) is 12.8 Å². The summed E-state index contributed by atoms with van der Waals surface area (Å²) in [6.07, 6.45) is 4.45. The van der Waals surface area contributed by atoms with Crippen molar-refractivity contribution in [3.05, 3.63) is 35.9 Å². The Bertz CT molecular complexity index is 736. The van der Waals surface area contributed by atoms with Gasteiger partial charge in [0.15, 0.2) is 12.2 Å². The highest BCUT2D eigenvalue weighted by Gasteiger charge is 2.46. The average molecular weight is 334 g/mol. The van der Waals surface area contributed by atoms with E-state index in [2.05, 4.69) is 17.2 Å². The van der Waals surface area contributed by atoms with Crippen molar-refractivity contribution < 1.29 is 21.5 Å². The SMILES string of the molecule is [2H]C([2H])([2H])C([2H])([2H])NCC#CCOC(=O)C(O)(c1ccccc1)C1CCCCC1. The molecule has 2 N–H and O–H groups in total. The molecular weight excluding hydrogens is 302 g/mol. The highest BCUT2D eigenvalue weighted by Crippen LogP contribution is 2.40. The smallest absolute Gasteiger partial charge is 0.344 e. The Labute approximate surface area is 151 Å². The molecule has 2 rings (SSSR count). The number of ether oxygens (including phenoxy) is 1. The van der Waals surface area contributed by atoms with Crippen LogP contribution in [-0.2, 0) is 15.1 Å². The first kappa shape index (κ1) is 12.5. The molecule has 1 aromatic rings. The van der Waals surface area contributed by atoms with Crippen LogP contribution in [0.3, 0.4) is 0 Å². The summed E-state index contributed by atoms with van der Waals surface area (Å²) in [6.45, 7) is -5.87. The van der Waals surface area contributed by atoms with Gasteiger partial charge in [0.2, 0.25) is 0 Å². The molecular formula is C20H27NO3. The number of hydrogen-bond donors (Lipinski definition) is 2. The molecule has 0 spiro atoms. The molecule has 0 aliphatic heterocycles. The van der Waals surface area contributed by atoms with Gasteiger partial charge in [-0.3, -0.25) is 0 Å². The van der Waals surface area contributed by atoms with Gasteiger partial charge in [-0.25, -0.2) is 4.79 Å². The largest absolute Gasteiger partial charge is 0.450 e. The zero-order valence-corrected chi connectivity index (χ0v) is 13.7. The van der Waals surface area contributed by atoms with Gasteiger partial charge in [-0.1, -0.05) is 68.3 Å². The molecule has 1 aromatic carbocycles. The molecule has 0 aromatic heterocycles. The van der Waals surface area contributed by atoms with Crippen LogP contribution < -0.4 is 5.32 Å². The first-order chi connectivity index (χ1) is 13.6. The number of rotatable bonds is 6. The normalized spacial score (nSPS) is 21.6. The van der Waals surface area contributed by atoms with E-state index in [-0.39, 0.29) is 19.1 Å². The van der Waals surface area contributed by atoms with Crippen molar-refractivity contribution in [3.8, 4) is 11.8 Å². The number of carbonyl (C=O) groups excluding carboxylic acids is 1. The van der Waals surface area contributed by atoms with Crippen LogP contribution in [0.2, 0.25) is 0 Å². The molecule has 0 radical (unpaired) electrons. The van der Waals surface area contributed by atoms with Crippen molar-refractivity contribution in [2.45, 2.75) is 44.6 Å². The number of benzene rings is 1. The van der Waals surface area contributed by atoms with Crippen LogP contribution in [0, 0.1) is 17.8 Å². The maximum atomic E-state index is 12.8. The van der Waals surface area contributed by atoms with Gasteiger partial charge in [0.25, 0.3) is 0 Å². The molecule has 24 heavy (non-hydrogen) atoms. The van der Waals surface area contributed by atoms with Crippen molar-refractivity contribution in [2.24, 2.45) is 5.92 Å². The fourth-order valence-electron chi connectivity index (χ4n) is 3.15. The molecule has 1 unspecified atom stereocenters. The van der Waals surface area contributed by atoms with E-state index in [1.807, 2.05) is 6.07 Å². The third-order valence-electron chi connectivity index (χ3n) is 4.39. The van der Waals surface area contributed by atoms with Gasteiger partial charge in [-0.05, 0) is 24.9 Å². The first-order valence-electron chi connectivity index (χ1n) is 10.7. The highest BCUT2D eigenvalue weighted by molar-refractivity contribution is 5.81.